The van der Waals surface area contributed by atoms with E-state index in [0.717, 1.165) is 30.4 Å². The van der Waals surface area contributed by atoms with Gasteiger partial charge in [-0.25, -0.2) is 0 Å². The molecule has 1 N–H and O–H groups in total. The number of aromatic nitrogens is 3. The second-order valence-electron chi connectivity index (χ2n) is 4.25. The summed E-state index contributed by atoms with van der Waals surface area (Å²) in [6.07, 6.45) is 3.38. The number of carboxylic acids is 1. The summed E-state index contributed by atoms with van der Waals surface area (Å²) in [7, 11) is -0.930. The first-order chi connectivity index (χ1) is 8.95. The van der Waals surface area contributed by atoms with Gasteiger partial charge in [0.2, 0.25) is 0 Å². The van der Waals surface area contributed by atoms with Gasteiger partial charge in [0.15, 0.2) is 5.16 Å². The molecule has 6 nitrogen and oxygen atoms in total. The quantitative estimate of drug-likeness (QED) is 0.726. The molecule has 2 atom stereocenters. The molecule has 0 aliphatic rings. The Morgan fingerprint density at radius 2 is 2.21 bits per heavy atom. The molecule has 0 saturated heterocycles. The molecular weight excluding hydrogens is 286 g/mol. The van der Waals surface area contributed by atoms with Gasteiger partial charge in [-0.1, -0.05) is 18.7 Å². The summed E-state index contributed by atoms with van der Waals surface area (Å²) < 4.78 is 13.4. The van der Waals surface area contributed by atoms with Crippen molar-refractivity contribution in [2.75, 3.05) is 12.0 Å². The van der Waals surface area contributed by atoms with Crippen LogP contribution in [-0.4, -0.2) is 47.3 Å². The molecule has 1 heterocycles. The monoisotopic (exact) mass is 305 g/mol. The fourth-order valence-corrected chi connectivity index (χ4v) is 2.55. The summed E-state index contributed by atoms with van der Waals surface area (Å²) in [4.78, 5) is 10.6. The molecular formula is C11H19N3O3S2. The number of carbonyl (C=O) groups is 1. The Morgan fingerprint density at radius 1 is 1.53 bits per heavy atom. The Morgan fingerprint density at radius 3 is 2.74 bits per heavy atom. The van der Waals surface area contributed by atoms with E-state index in [4.69, 9.17) is 5.11 Å². The van der Waals surface area contributed by atoms with Crippen molar-refractivity contribution in [1.82, 2.24) is 14.8 Å². The summed E-state index contributed by atoms with van der Waals surface area (Å²) in [5.41, 5.74) is 0. The van der Waals surface area contributed by atoms with E-state index in [1.54, 1.807) is 6.26 Å². The second kappa shape index (κ2) is 7.64. The Kier molecular flexibility index (Phi) is 6.50. The number of rotatable bonds is 8. The molecule has 2 unspecified atom stereocenters. The first-order valence-corrected chi connectivity index (χ1v) is 8.65. The number of aliphatic carboxylic acids is 1. The highest BCUT2D eigenvalue weighted by Crippen LogP contribution is 2.19. The third kappa shape index (κ3) is 4.94. The smallest absolute Gasteiger partial charge is 0.313 e. The summed E-state index contributed by atoms with van der Waals surface area (Å²) in [5, 5.41) is 17.4. The highest BCUT2D eigenvalue weighted by molar-refractivity contribution is 7.99. The van der Waals surface area contributed by atoms with E-state index in [-0.39, 0.29) is 11.0 Å². The van der Waals surface area contributed by atoms with E-state index in [1.807, 2.05) is 18.4 Å². The van der Waals surface area contributed by atoms with Crippen molar-refractivity contribution in [3.8, 4) is 0 Å². The number of carboxylic acid groups (broad SMARTS) is 1. The first kappa shape index (κ1) is 16.2. The zero-order valence-corrected chi connectivity index (χ0v) is 13.0. The minimum atomic E-state index is -0.930. The standard InChI is InChI=1S/C11H19N3O3S2/c1-4-5-9-12-13-11(18-7-10(15)16)14(9)6-8(2)19(3)17/h8H,4-7H2,1-3H3,(H,15,16). The van der Waals surface area contributed by atoms with E-state index in [0.29, 0.717) is 11.7 Å². The lowest BCUT2D eigenvalue weighted by molar-refractivity contribution is -0.133. The maximum absolute atomic E-state index is 11.5. The molecule has 0 spiro atoms. The van der Waals surface area contributed by atoms with Gasteiger partial charge >= 0.3 is 5.97 Å². The minimum absolute atomic E-state index is 0.0178. The lowest BCUT2D eigenvalue weighted by atomic mass is 10.3. The van der Waals surface area contributed by atoms with Crippen LogP contribution in [0.2, 0.25) is 0 Å². The summed E-state index contributed by atoms with van der Waals surface area (Å²) in [6.45, 7) is 4.50. The van der Waals surface area contributed by atoms with E-state index >= 15 is 0 Å². The van der Waals surface area contributed by atoms with Crippen molar-refractivity contribution in [2.24, 2.45) is 0 Å². The molecule has 8 heteroatoms. The van der Waals surface area contributed by atoms with Crippen LogP contribution in [0.3, 0.4) is 0 Å². The van der Waals surface area contributed by atoms with E-state index < -0.39 is 16.8 Å². The van der Waals surface area contributed by atoms with E-state index in [2.05, 4.69) is 10.2 Å². The molecule has 0 saturated carbocycles. The second-order valence-corrected chi connectivity index (χ2v) is 7.00. The zero-order chi connectivity index (χ0) is 14.4. The van der Waals surface area contributed by atoms with Gasteiger partial charge < -0.3 is 9.67 Å². The number of aryl methyl sites for hydroxylation is 1. The number of thioether (sulfide) groups is 1. The van der Waals surface area contributed by atoms with Crippen LogP contribution in [0.5, 0.6) is 0 Å². The van der Waals surface area contributed by atoms with Crippen molar-refractivity contribution in [1.29, 1.82) is 0 Å². The molecule has 108 valence electrons. The Bertz CT molecular complexity index is 462. The number of nitrogens with zero attached hydrogens (tertiary/aromatic N) is 3. The van der Waals surface area contributed by atoms with Gasteiger partial charge in [-0.2, -0.15) is 0 Å². The molecule has 0 radical (unpaired) electrons. The normalized spacial score (nSPS) is 14.3. The zero-order valence-electron chi connectivity index (χ0n) is 11.3. The molecule has 1 aromatic rings. The fourth-order valence-electron chi connectivity index (χ4n) is 1.51. The van der Waals surface area contributed by atoms with Crippen molar-refractivity contribution in [3.05, 3.63) is 5.82 Å². The highest BCUT2D eigenvalue weighted by atomic mass is 32.2. The number of hydrogen-bond donors (Lipinski definition) is 1. The van der Waals surface area contributed by atoms with Crippen molar-refractivity contribution < 1.29 is 14.1 Å². The van der Waals surface area contributed by atoms with Crippen molar-refractivity contribution >= 4 is 28.5 Å². The Labute approximate surface area is 119 Å². The minimum Gasteiger partial charge on any atom is -0.481 e. The van der Waals surface area contributed by atoms with Gasteiger partial charge in [0.1, 0.15) is 5.82 Å². The van der Waals surface area contributed by atoms with Crippen LogP contribution in [0.4, 0.5) is 0 Å². The lowest BCUT2D eigenvalue weighted by Gasteiger charge is -2.13. The molecule has 0 fully saturated rings. The van der Waals surface area contributed by atoms with Crippen LogP contribution in [0.15, 0.2) is 5.16 Å². The topological polar surface area (TPSA) is 85.1 Å². The van der Waals surface area contributed by atoms with Gasteiger partial charge in [-0.3, -0.25) is 9.00 Å². The maximum atomic E-state index is 11.5. The largest absolute Gasteiger partial charge is 0.481 e. The molecule has 19 heavy (non-hydrogen) atoms. The van der Waals surface area contributed by atoms with Crippen LogP contribution < -0.4 is 0 Å². The van der Waals surface area contributed by atoms with Gasteiger partial charge in [-0.15, -0.1) is 10.2 Å². The van der Waals surface area contributed by atoms with Gasteiger partial charge in [0.25, 0.3) is 0 Å². The van der Waals surface area contributed by atoms with Gasteiger partial charge in [0, 0.05) is 35.3 Å². The first-order valence-electron chi connectivity index (χ1n) is 6.04. The van der Waals surface area contributed by atoms with E-state index in [9.17, 15) is 9.00 Å². The van der Waals surface area contributed by atoms with Crippen LogP contribution in [0.1, 0.15) is 26.1 Å². The predicted octanol–water partition coefficient (Wildman–Crippen LogP) is 1.17. The summed E-state index contributed by atoms with van der Waals surface area (Å²) in [6, 6.07) is 0. The third-order valence-electron chi connectivity index (χ3n) is 2.60. The third-order valence-corrected chi connectivity index (χ3v) is 4.83. The van der Waals surface area contributed by atoms with Crippen LogP contribution in [-0.2, 0) is 28.6 Å². The molecule has 1 rings (SSSR count). The average molecular weight is 305 g/mol. The molecule has 0 amide bonds. The van der Waals surface area contributed by atoms with Crippen molar-refractivity contribution in [2.45, 2.75) is 43.6 Å². The van der Waals surface area contributed by atoms with Gasteiger partial charge in [0.05, 0.1) is 5.75 Å². The average Bonchev–Trinajstić information content (AvgIpc) is 2.70. The summed E-state index contributed by atoms with van der Waals surface area (Å²) >= 11 is 1.15. The lowest BCUT2D eigenvalue weighted by Crippen LogP contribution is -2.20. The van der Waals surface area contributed by atoms with E-state index in [1.165, 1.54) is 0 Å². The molecule has 1 aromatic heterocycles. The molecule has 0 aliphatic carbocycles. The Hall–Kier alpha value is -0.890. The molecule has 0 bridgehead atoms. The van der Waals surface area contributed by atoms with Gasteiger partial charge in [-0.05, 0) is 13.3 Å². The SMILES string of the molecule is CCCc1nnc(SCC(=O)O)n1CC(C)S(C)=O. The Balaban J connectivity index is 2.90. The fraction of sp³-hybridized carbons (Fsp3) is 0.727. The van der Waals surface area contributed by atoms with Crippen LogP contribution in [0, 0.1) is 0 Å². The maximum Gasteiger partial charge on any atom is 0.313 e. The highest BCUT2D eigenvalue weighted by Gasteiger charge is 2.17. The van der Waals surface area contributed by atoms with Crippen LogP contribution in [0.25, 0.3) is 0 Å². The summed E-state index contributed by atoms with van der Waals surface area (Å²) in [5.74, 6) is -0.107. The van der Waals surface area contributed by atoms with Crippen LogP contribution >= 0.6 is 11.8 Å². The number of hydrogen-bond acceptors (Lipinski definition) is 5. The molecule has 0 aromatic carbocycles. The van der Waals surface area contributed by atoms with Crippen molar-refractivity contribution in [3.63, 3.8) is 0 Å². The predicted molar refractivity (Wildman–Crippen MR) is 75.9 cm³/mol. The molecule has 0 aliphatic heterocycles.